The van der Waals surface area contributed by atoms with E-state index in [0.29, 0.717) is 10.9 Å². The molecule has 1 atom stereocenters. The molecule has 0 radical (unpaired) electrons. The SMILES string of the molecule is CC1(C)CC(NCc2ccc(C(=O)O)s2)CCO1. The van der Waals surface area contributed by atoms with E-state index in [1.807, 2.05) is 6.07 Å². The summed E-state index contributed by atoms with van der Waals surface area (Å²) in [5, 5.41) is 12.3. The van der Waals surface area contributed by atoms with Crippen LogP contribution in [0.4, 0.5) is 0 Å². The summed E-state index contributed by atoms with van der Waals surface area (Å²) in [6.07, 6.45) is 2.00. The summed E-state index contributed by atoms with van der Waals surface area (Å²) in [4.78, 5) is 12.2. The zero-order valence-electron chi connectivity index (χ0n) is 10.7. The van der Waals surface area contributed by atoms with E-state index < -0.39 is 5.97 Å². The van der Waals surface area contributed by atoms with Gasteiger partial charge in [-0.3, -0.25) is 0 Å². The molecule has 0 bridgehead atoms. The molecular weight excluding hydrogens is 250 g/mol. The zero-order chi connectivity index (χ0) is 13.2. The van der Waals surface area contributed by atoms with Gasteiger partial charge in [-0.2, -0.15) is 0 Å². The Morgan fingerprint density at radius 3 is 3.00 bits per heavy atom. The van der Waals surface area contributed by atoms with Crippen molar-refractivity contribution in [2.45, 2.75) is 44.9 Å². The van der Waals surface area contributed by atoms with Gasteiger partial charge in [0.15, 0.2) is 0 Å². The first-order chi connectivity index (χ1) is 8.46. The maximum atomic E-state index is 10.8. The van der Waals surface area contributed by atoms with Gasteiger partial charge in [-0.15, -0.1) is 11.3 Å². The number of carboxylic acid groups (broad SMARTS) is 1. The number of thiophene rings is 1. The molecule has 1 saturated heterocycles. The second-order valence-corrected chi connectivity index (χ2v) is 6.42. The molecule has 1 aromatic heterocycles. The summed E-state index contributed by atoms with van der Waals surface area (Å²) < 4.78 is 5.67. The molecule has 0 amide bonds. The largest absolute Gasteiger partial charge is 0.477 e. The van der Waals surface area contributed by atoms with Crippen molar-refractivity contribution in [2.75, 3.05) is 6.61 Å². The lowest BCUT2D eigenvalue weighted by atomic mass is 9.94. The van der Waals surface area contributed by atoms with Crippen LogP contribution in [-0.2, 0) is 11.3 Å². The van der Waals surface area contributed by atoms with Crippen molar-refractivity contribution in [3.8, 4) is 0 Å². The maximum Gasteiger partial charge on any atom is 0.345 e. The van der Waals surface area contributed by atoms with Gasteiger partial charge in [0, 0.05) is 24.1 Å². The van der Waals surface area contributed by atoms with Crippen LogP contribution in [0.1, 0.15) is 41.2 Å². The van der Waals surface area contributed by atoms with E-state index in [9.17, 15) is 4.79 Å². The van der Waals surface area contributed by atoms with E-state index in [4.69, 9.17) is 9.84 Å². The molecule has 2 heterocycles. The molecular formula is C13H19NO3S. The summed E-state index contributed by atoms with van der Waals surface area (Å²) >= 11 is 1.34. The number of carboxylic acids is 1. The molecule has 18 heavy (non-hydrogen) atoms. The first kappa shape index (κ1) is 13.5. The molecule has 2 rings (SSSR count). The van der Waals surface area contributed by atoms with Crippen molar-refractivity contribution in [2.24, 2.45) is 0 Å². The predicted molar refractivity (Wildman–Crippen MR) is 71.2 cm³/mol. The number of aromatic carboxylic acids is 1. The maximum absolute atomic E-state index is 10.8. The number of ether oxygens (including phenoxy) is 1. The average molecular weight is 269 g/mol. The fourth-order valence-corrected chi connectivity index (χ4v) is 3.04. The Balaban J connectivity index is 1.85. The van der Waals surface area contributed by atoms with Gasteiger partial charge >= 0.3 is 5.97 Å². The Kier molecular flexibility index (Phi) is 4.04. The molecule has 0 spiro atoms. The van der Waals surface area contributed by atoms with Crippen LogP contribution in [0.5, 0.6) is 0 Å². The third kappa shape index (κ3) is 3.54. The van der Waals surface area contributed by atoms with Gasteiger partial charge in [0.1, 0.15) is 4.88 Å². The van der Waals surface area contributed by atoms with Crippen LogP contribution in [0.2, 0.25) is 0 Å². The second-order valence-electron chi connectivity index (χ2n) is 5.25. The average Bonchev–Trinajstić information content (AvgIpc) is 2.74. The van der Waals surface area contributed by atoms with Crippen molar-refractivity contribution in [3.63, 3.8) is 0 Å². The Morgan fingerprint density at radius 2 is 2.39 bits per heavy atom. The molecule has 2 N–H and O–H groups in total. The monoisotopic (exact) mass is 269 g/mol. The first-order valence-electron chi connectivity index (χ1n) is 6.16. The summed E-state index contributed by atoms with van der Waals surface area (Å²) in [5.74, 6) is -0.849. The molecule has 1 aliphatic heterocycles. The van der Waals surface area contributed by atoms with Crippen molar-refractivity contribution < 1.29 is 14.6 Å². The van der Waals surface area contributed by atoms with Crippen molar-refractivity contribution >= 4 is 17.3 Å². The Morgan fingerprint density at radius 1 is 1.61 bits per heavy atom. The number of hydrogen-bond acceptors (Lipinski definition) is 4. The fraction of sp³-hybridized carbons (Fsp3) is 0.615. The van der Waals surface area contributed by atoms with E-state index in [2.05, 4.69) is 19.2 Å². The number of hydrogen-bond donors (Lipinski definition) is 2. The summed E-state index contributed by atoms with van der Waals surface area (Å²) in [6.45, 7) is 5.73. The van der Waals surface area contributed by atoms with Gasteiger partial charge in [-0.05, 0) is 38.8 Å². The van der Waals surface area contributed by atoms with E-state index in [1.54, 1.807) is 6.07 Å². The minimum absolute atomic E-state index is 0.0579. The lowest BCUT2D eigenvalue weighted by Crippen LogP contribution is -2.43. The molecule has 1 fully saturated rings. The van der Waals surface area contributed by atoms with Gasteiger partial charge < -0.3 is 15.2 Å². The topological polar surface area (TPSA) is 58.6 Å². The molecule has 1 unspecified atom stereocenters. The number of carbonyl (C=O) groups is 1. The standard InChI is InChI=1S/C13H19NO3S/c1-13(2)7-9(5-6-17-13)14-8-10-3-4-11(18-10)12(15)16/h3-4,9,14H,5-8H2,1-2H3,(H,15,16). The minimum Gasteiger partial charge on any atom is -0.477 e. The highest BCUT2D eigenvalue weighted by molar-refractivity contribution is 7.13. The smallest absolute Gasteiger partial charge is 0.345 e. The van der Waals surface area contributed by atoms with Crippen molar-refractivity contribution in [3.05, 3.63) is 21.9 Å². The van der Waals surface area contributed by atoms with Crippen LogP contribution >= 0.6 is 11.3 Å². The molecule has 1 aliphatic rings. The zero-order valence-corrected chi connectivity index (χ0v) is 11.5. The highest BCUT2D eigenvalue weighted by atomic mass is 32.1. The molecule has 4 nitrogen and oxygen atoms in total. The Labute approximate surface area is 111 Å². The lowest BCUT2D eigenvalue weighted by molar-refractivity contribution is -0.0630. The number of rotatable bonds is 4. The molecule has 0 aliphatic carbocycles. The quantitative estimate of drug-likeness (QED) is 0.881. The molecule has 0 aromatic carbocycles. The van der Waals surface area contributed by atoms with Crippen LogP contribution in [0, 0.1) is 0 Å². The van der Waals surface area contributed by atoms with Crippen molar-refractivity contribution in [1.82, 2.24) is 5.32 Å². The third-order valence-corrected chi connectivity index (χ3v) is 4.21. The van der Waals surface area contributed by atoms with Gasteiger partial charge in [-0.1, -0.05) is 0 Å². The van der Waals surface area contributed by atoms with Crippen molar-refractivity contribution in [1.29, 1.82) is 0 Å². The van der Waals surface area contributed by atoms with Gasteiger partial charge in [0.2, 0.25) is 0 Å². The van der Waals surface area contributed by atoms with Crippen LogP contribution in [0.25, 0.3) is 0 Å². The Bertz CT molecular complexity index is 428. The third-order valence-electron chi connectivity index (χ3n) is 3.13. The van der Waals surface area contributed by atoms with Crippen LogP contribution in [0.15, 0.2) is 12.1 Å². The van der Waals surface area contributed by atoms with E-state index in [1.165, 1.54) is 11.3 Å². The fourth-order valence-electron chi connectivity index (χ4n) is 2.24. The first-order valence-corrected chi connectivity index (χ1v) is 6.97. The summed E-state index contributed by atoms with van der Waals surface area (Å²) in [6, 6.07) is 3.99. The molecule has 1 aromatic rings. The van der Waals surface area contributed by atoms with Gasteiger partial charge in [0.05, 0.1) is 5.60 Å². The van der Waals surface area contributed by atoms with E-state index in [-0.39, 0.29) is 5.60 Å². The van der Waals surface area contributed by atoms with E-state index in [0.717, 1.165) is 30.9 Å². The summed E-state index contributed by atoms with van der Waals surface area (Å²) in [7, 11) is 0. The van der Waals surface area contributed by atoms with Crippen LogP contribution < -0.4 is 5.32 Å². The lowest BCUT2D eigenvalue weighted by Gasteiger charge is -2.35. The Hall–Kier alpha value is -0.910. The van der Waals surface area contributed by atoms with Gasteiger partial charge in [-0.25, -0.2) is 4.79 Å². The highest BCUT2D eigenvalue weighted by Gasteiger charge is 2.28. The molecule has 100 valence electrons. The van der Waals surface area contributed by atoms with E-state index >= 15 is 0 Å². The number of nitrogens with one attached hydrogen (secondary N) is 1. The highest BCUT2D eigenvalue weighted by Crippen LogP contribution is 2.24. The summed E-state index contributed by atoms with van der Waals surface area (Å²) in [5.41, 5.74) is -0.0579. The van der Waals surface area contributed by atoms with Crippen LogP contribution in [0.3, 0.4) is 0 Å². The molecule has 0 saturated carbocycles. The van der Waals surface area contributed by atoms with Gasteiger partial charge in [0.25, 0.3) is 0 Å². The second kappa shape index (κ2) is 5.38. The molecule has 5 heteroatoms. The minimum atomic E-state index is -0.849. The predicted octanol–water partition coefficient (Wildman–Crippen LogP) is 2.49. The van der Waals surface area contributed by atoms with Crippen LogP contribution in [-0.4, -0.2) is 29.3 Å². The normalized spacial score (nSPS) is 22.9.